The SMILES string of the molecule is Cc1ncnc(N2CC3CC(C2)N3S(=O)(=O)c2c(F)cccc2F)c1C. The predicted molar refractivity (Wildman–Crippen MR) is 91.3 cm³/mol. The zero-order valence-corrected chi connectivity index (χ0v) is 15.2. The highest BCUT2D eigenvalue weighted by Crippen LogP contribution is 2.40. The normalized spacial score (nSPS) is 23.0. The first kappa shape index (κ1) is 17.3. The van der Waals surface area contributed by atoms with Crippen LogP contribution in [0.15, 0.2) is 29.4 Å². The van der Waals surface area contributed by atoms with E-state index in [4.69, 9.17) is 0 Å². The fraction of sp³-hybridized carbons (Fsp3) is 0.412. The summed E-state index contributed by atoms with van der Waals surface area (Å²) in [6, 6.07) is 2.43. The number of piperidine rings is 1. The lowest BCUT2D eigenvalue weighted by Crippen LogP contribution is -2.70. The highest BCUT2D eigenvalue weighted by molar-refractivity contribution is 7.89. The topological polar surface area (TPSA) is 66.4 Å². The quantitative estimate of drug-likeness (QED) is 0.815. The van der Waals surface area contributed by atoms with Gasteiger partial charge in [0.05, 0.1) is 0 Å². The van der Waals surface area contributed by atoms with Gasteiger partial charge in [-0.25, -0.2) is 27.2 Å². The van der Waals surface area contributed by atoms with Crippen LogP contribution in [0.5, 0.6) is 0 Å². The van der Waals surface area contributed by atoms with Gasteiger partial charge in [0.1, 0.15) is 23.8 Å². The van der Waals surface area contributed by atoms with E-state index in [1.807, 2.05) is 18.7 Å². The minimum atomic E-state index is -4.22. The van der Waals surface area contributed by atoms with Crippen LogP contribution in [-0.4, -0.2) is 47.9 Å². The maximum absolute atomic E-state index is 14.0. The fourth-order valence-corrected chi connectivity index (χ4v) is 5.75. The molecule has 0 radical (unpaired) electrons. The third-order valence-electron chi connectivity index (χ3n) is 5.19. The molecule has 1 aromatic carbocycles. The van der Waals surface area contributed by atoms with Crippen molar-refractivity contribution < 1.29 is 17.2 Å². The largest absolute Gasteiger partial charge is 0.353 e. The van der Waals surface area contributed by atoms with E-state index in [0.29, 0.717) is 19.5 Å². The number of hydrogen-bond acceptors (Lipinski definition) is 5. The molecule has 2 atom stereocenters. The summed E-state index contributed by atoms with van der Waals surface area (Å²) in [6.07, 6.45) is 2.16. The number of anilines is 1. The average molecular weight is 380 g/mol. The van der Waals surface area contributed by atoms with Gasteiger partial charge in [-0.05, 0) is 32.4 Å². The Morgan fingerprint density at radius 3 is 2.31 bits per heavy atom. The van der Waals surface area contributed by atoms with E-state index < -0.39 is 26.6 Å². The molecule has 3 aliphatic heterocycles. The predicted octanol–water partition coefficient (Wildman–Crippen LogP) is 2.02. The van der Waals surface area contributed by atoms with Crippen molar-refractivity contribution in [3.05, 3.63) is 47.4 Å². The van der Waals surface area contributed by atoms with Gasteiger partial charge in [0, 0.05) is 36.4 Å². The molecular formula is C17H18F2N4O2S. The van der Waals surface area contributed by atoms with Crippen molar-refractivity contribution in [2.45, 2.75) is 37.2 Å². The Hall–Kier alpha value is -2.13. The van der Waals surface area contributed by atoms with E-state index in [9.17, 15) is 17.2 Å². The number of piperazine rings is 1. The average Bonchev–Trinajstić information content (AvgIpc) is 2.56. The van der Waals surface area contributed by atoms with E-state index in [2.05, 4.69) is 9.97 Å². The van der Waals surface area contributed by atoms with Crippen LogP contribution in [0.4, 0.5) is 14.6 Å². The Labute approximate surface area is 150 Å². The number of sulfonamides is 1. The molecule has 2 unspecified atom stereocenters. The first-order chi connectivity index (χ1) is 12.3. The lowest BCUT2D eigenvalue weighted by atomic mass is 9.91. The molecule has 4 heterocycles. The van der Waals surface area contributed by atoms with Crippen molar-refractivity contribution in [2.75, 3.05) is 18.0 Å². The molecule has 138 valence electrons. The van der Waals surface area contributed by atoms with Crippen LogP contribution in [0.25, 0.3) is 0 Å². The second-order valence-corrected chi connectivity index (χ2v) is 8.52. The standard InChI is InChI=1S/C17H18F2N4O2S/c1-10-11(2)20-9-21-17(10)22-7-12-6-13(8-22)23(12)26(24,25)16-14(18)4-3-5-15(16)19/h3-5,9,12-13H,6-8H2,1-2H3. The Kier molecular flexibility index (Phi) is 3.96. The molecule has 3 aliphatic rings. The van der Waals surface area contributed by atoms with Crippen molar-refractivity contribution in [3.63, 3.8) is 0 Å². The number of aromatic nitrogens is 2. The highest BCUT2D eigenvalue weighted by atomic mass is 32.2. The Morgan fingerprint density at radius 1 is 1.08 bits per heavy atom. The molecule has 0 spiro atoms. The molecule has 26 heavy (non-hydrogen) atoms. The molecule has 0 amide bonds. The van der Waals surface area contributed by atoms with Gasteiger partial charge in [-0.1, -0.05) is 6.07 Å². The summed E-state index contributed by atoms with van der Waals surface area (Å²) in [4.78, 5) is 9.63. The number of benzene rings is 1. The summed E-state index contributed by atoms with van der Waals surface area (Å²) in [6.45, 7) is 4.68. The van der Waals surface area contributed by atoms with Crippen LogP contribution < -0.4 is 4.90 Å². The zero-order valence-electron chi connectivity index (χ0n) is 14.4. The van der Waals surface area contributed by atoms with Crippen molar-refractivity contribution >= 4 is 15.8 Å². The van der Waals surface area contributed by atoms with Gasteiger partial charge >= 0.3 is 0 Å². The second kappa shape index (κ2) is 5.95. The molecule has 0 aliphatic carbocycles. The van der Waals surface area contributed by atoms with Crippen LogP contribution in [0.3, 0.4) is 0 Å². The Bertz CT molecular complexity index is 950. The van der Waals surface area contributed by atoms with Gasteiger partial charge < -0.3 is 4.90 Å². The van der Waals surface area contributed by atoms with Crippen molar-refractivity contribution in [3.8, 4) is 0 Å². The van der Waals surface area contributed by atoms with Gasteiger partial charge in [0.2, 0.25) is 10.0 Å². The van der Waals surface area contributed by atoms with E-state index in [-0.39, 0.29) is 12.1 Å². The molecule has 2 aromatic rings. The van der Waals surface area contributed by atoms with Crippen LogP contribution >= 0.6 is 0 Å². The summed E-state index contributed by atoms with van der Waals surface area (Å²) >= 11 is 0. The van der Waals surface area contributed by atoms with E-state index in [1.54, 1.807) is 0 Å². The van der Waals surface area contributed by atoms with E-state index in [1.165, 1.54) is 10.6 Å². The minimum absolute atomic E-state index is 0.326. The Morgan fingerprint density at radius 2 is 1.69 bits per heavy atom. The molecule has 0 N–H and O–H groups in total. The van der Waals surface area contributed by atoms with Crippen LogP contribution in [-0.2, 0) is 10.0 Å². The third kappa shape index (κ3) is 2.49. The van der Waals surface area contributed by atoms with Gasteiger partial charge in [0.25, 0.3) is 0 Å². The second-order valence-electron chi connectivity index (χ2n) is 6.74. The zero-order chi connectivity index (χ0) is 18.6. The van der Waals surface area contributed by atoms with Crippen LogP contribution in [0, 0.1) is 25.5 Å². The molecule has 2 bridgehead atoms. The summed E-state index contributed by atoms with van der Waals surface area (Å²) in [7, 11) is -4.22. The van der Waals surface area contributed by atoms with Crippen LogP contribution in [0.1, 0.15) is 17.7 Å². The number of hydrogen-bond donors (Lipinski definition) is 0. The molecule has 1 aromatic heterocycles. The lowest BCUT2D eigenvalue weighted by Gasteiger charge is -2.55. The summed E-state index contributed by atoms with van der Waals surface area (Å²) in [5.74, 6) is -1.34. The van der Waals surface area contributed by atoms with Gasteiger partial charge in [-0.3, -0.25) is 0 Å². The van der Waals surface area contributed by atoms with E-state index in [0.717, 1.165) is 35.3 Å². The van der Waals surface area contributed by atoms with Gasteiger partial charge in [-0.2, -0.15) is 4.31 Å². The molecule has 5 rings (SSSR count). The summed E-state index contributed by atoms with van der Waals surface area (Å²) in [5.41, 5.74) is 1.82. The first-order valence-electron chi connectivity index (χ1n) is 8.31. The van der Waals surface area contributed by atoms with Gasteiger partial charge in [-0.15, -0.1) is 0 Å². The van der Waals surface area contributed by atoms with Crippen molar-refractivity contribution in [2.24, 2.45) is 0 Å². The summed E-state index contributed by atoms with van der Waals surface area (Å²) < 4.78 is 54.9. The number of aryl methyl sites for hydroxylation is 1. The fourth-order valence-electron chi connectivity index (χ4n) is 3.82. The molecular weight excluding hydrogens is 362 g/mol. The van der Waals surface area contributed by atoms with Crippen molar-refractivity contribution in [1.29, 1.82) is 0 Å². The monoisotopic (exact) mass is 380 g/mol. The van der Waals surface area contributed by atoms with Crippen LogP contribution in [0.2, 0.25) is 0 Å². The molecule has 6 nitrogen and oxygen atoms in total. The number of fused-ring (bicyclic) bond motifs is 2. The molecule has 9 heteroatoms. The van der Waals surface area contributed by atoms with Gasteiger partial charge in [0.15, 0.2) is 4.90 Å². The van der Waals surface area contributed by atoms with E-state index >= 15 is 0 Å². The molecule has 3 fully saturated rings. The Balaban J connectivity index is 1.63. The number of rotatable bonds is 3. The maximum atomic E-state index is 14.0. The molecule has 0 saturated carbocycles. The van der Waals surface area contributed by atoms with Crippen molar-refractivity contribution in [1.82, 2.24) is 14.3 Å². The smallest absolute Gasteiger partial charge is 0.249 e. The number of halogens is 2. The summed E-state index contributed by atoms with van der Waals surface area (Å²) in [5, 5.41) is 0. The third-order valence-corrected chi connectivity index (χ3v) is 7.25. The first-order valence-corrected chi connectivity index (χ1v) is 9.75. The number of nitrogens with zero attached hydrogens (tertiary/aromatic N) is 4. The minimum Gasteiger partial charge on any atom is -0.353 e. The lowest BCUT2D eigenvalue weighted by molar-refractivity contribution is 0.0868. The molecule has 3 saturated heterocycles. The maximum Gasteiger partial charge on any atom is 0.249 e. The highest BCUT2D eigenvalue weighted by Gasteiger charge is 2.52.